The minimum atomic E-state index is -4.57. The Morgan fingerprint density at radius 2 is 1.85 bits per heavy atom. The van der Waals surface area contributed by atoms with Crippen molar-refractivity contribution in [2.45, 2.75) is 24.4 Å². The van der Waals surface area contributed by atoms with Crippen molar-refractivity contribution in [2.75, 3.05) is 20.1 Å². The highest BCUT2D eigenvalue weighted by Gasteiger charge is 2.34. The van der Waals surface area contributed by atoms with Crippen LogP contribution in [0.3, 0.4) is 0 Å². The molecular formula is C12H17F3N2O2S. The second-order valence-electron chi connectivity index (χ2n) is 4.28. The van der Waals surface area contributed by atoms with Gasteiger partial charge in [-0.05, 0) is 44.6 Å². The van der Waals surface area contributed by atoms with Gasteiger partial charge in [0.1, 0.15) is 0 Å². The number of nitrogens with one attached hydrogen (secondary N) is 2. The predicted molar refractivity (Wildman–Crippen MR) is 69.9 cm³/mol. The molecule has 0 amide bonds. The topological polar surface area (TPSA) is 58.2 Å². The maximum absolute atomic E-state index is 12.7. The summed E-state index contributed by atoms with van der Waals surface area (Å²) in [5, 5.41) is 2.85. The van der Waals surface area contributed by atoms with E-state index < -0.39 is 21.8 Å². The standard InChI is InChI=1S/C12H17F3N2O2S/c1-9-10(12(13,14)15)5-3-6-11(9)20(18,19)17-8-4-7-16-2/h3,5-6,16-17H,4,7-8H2,1-2H3. The molecule has 0 atom stereocenters. The Balaban J connectivity index is 3.02. The normalized spacial score (nSPS) is 12.7. The average molecular weight is 310 g/mol. The summed E-state index contributed by atoms with van der Waals surface area (Å²) in [5.41, 5.74) is -1.23. The predicted octanol–water partition coefficient (Wildman–Crippen LogP) is 1.90. The monoisotopic (exact) mass is 310 g/mol. The summed E-state index contributed by atoms with van der Waals surface area (Å²) in [4.78, 5) is -0.336. The fourth-order valence-corrected chi connectivity index (χ4v) is 3.10. The highest BCUT2D eigenvalue weighted by Crippen LogP contribution is 2.33. The van der Waals surface area contributed by atoms with Crippen molar-refractivity contribution in [1.82, 2.24) is 10.0 Å². The van der Waals surface area contributed by atoms with Crippen molar-refractivity contribution in [3.8, 4) is 0 Å². The summed E-state index contributed by atoms with van der Waals surface area (Å²) in [6.07, 6.45) is -4.02. The minimum Gasteiger partial charge on any atom is -0.320 e. The zero-order valence-electron chi connectivity index (χ0n) is 11.2. The fraction of sp³-hybridized carbons (Fsp3) is 0.500. The highest BCUT2D eigenvalue weighted by atomic mass is 32.2. The Morgan fingerprint density at radius 1 is 1.20 bits per heavy atom. The van der Waals surface area contributed by atoms with Gasteiger partial charge in [-0.15, -0.1) is 0 Å². The third-order valence-corrected chi connectivity index (χ3v) is 4.38. The first-order valence-corrected chi connectivity index (χ1v) is 7.49. The van der Waals surface area contributed by atoms with Crippen LogP contribution >= 0.6 is 0 Å². The molecule has 4 nitrogen and oxygen atoms in total. The third-order valence-electron chi connectivity index (χ3n) is 2.77. The van der Waals surface area contributed by atoms with E-state index >= 15 is 0 Å². The zero-order chi connectivity index (χ0) is 15.4. The average Bonchev–Trinajstić information content (AvgIpc) is 2.33. The smallest absolute Gasteiger partial charge is 0.320 e. The number of rotatable bonds is 6. The molecule has 0 aliphatic rings. The molecule has 8 heteroatoms. The Hall–Kier alpha value is -1.12. The maximum Gasteiger partial charge on any atom is 0.416 e. The zero-order valence-corrected chi connectivity index (χ0v) is 12.0. The summed E-state index contributed by atoms with van der Waals surface area (Å²) in [7, 11) is -2.20. The van der Waals surface area contributed by atoms with Crippen LogP contribution in [0.2, 0.25) is 0 Å². The summed E-state index contributed by atoms with van der Waals surface area (Å²) >= 11 is 0. The van der Waals surface area contributed by atoms with Crippen LogP contribution in [0.1, 0.15) is 17.5 Å². The number of hydrogen-bond donors (Lipinski definition) is 2. The van der Waals surface area contributed by atoms with Crippen molar-refractivity contribution < 1.29 is 21.6 Å². The summed E-state index contributed by atoms with van der Waals surface area (Å²) < 4.78 is 64.5. The quantitative estimate of drug-likeness (QED) is 0.789. The van der Waals surface area contributed by atoms with Crippen LogP contribution in [0.15, 0.2) is 23.1 Å². The van der Waals surface area contributed by atoms with Gasteiger partial charge in [-0.1, -0.05) is 6.07 Å². The van der Waals surface area contributed by atoms with E-state index in [1.807, 2.05) is 0 Å². The molecule has 0 aromatic heterocycles. The summed E-state index contributed by atoms with van der Waals surface area (Å²) in [6.45, 7) is 1.94. The molecular weight excluding hydrogens is 293 g/mol. The first-order valence-electron chi connectivity index (χ1n) is 6.01. The van der Waals surface area contributed by atoms with Crippen molar-refractivity contribution in [3.05, 3.63) is 29.3 Å². The summed E-state index contributed by atoms with van der Waals surface area (Å²) in [6, 6.07) is 3.14. The molecule has 0 aliphatic carbocycles. The largest absolute Gasteiger partial charge is 0.416 e. The van der Waals surface area contributed by atoms with Crippen LogP contribution in [-0.4, -0.2) is 28.6 Å². The number of hydrogen-bond acceptors (Lipinski definition) is 3. The first kappa shape index (κ1) is 16.9. The van der Waals surface area contributed by atoms with Crippen LogP contribution in [0.4, 0.5) is 13.2 Å². The van der Waals surface area contributed by atoms with E-state index in [9.17, 15) is 21.6 Å². The molecule has 0 heterocycles. The third kappa shape index (κ3) is 4.19. The SMILES string of the molecule is CNCCCNS(=O)(=O)c1cccc(C(F)(F)F)c1C. The Labute approximate surface area is 116 Å². The van der Waals surface area contributed by atoms with Crippen LogP contribution in [0, 0.1) is 6.92 Å². The lowest BCUT2D eigenvalue weighted by atomic mass is 10.1. The van der Waals surface area contributed by atoms with Gasteiger partial charge >= 0.3 is 6.18 Å². The van der Waals surface area contributed by atoms with Gasteiger partial charge in [0.2, 0.25) is 10.0 Å². The van der Waals surface area contributed by atoms with Crippen LogP contribution in [0.5, 0.6) is 0 Å². The molecule has 0 saturated heterocycles. The van der Waals surface area contributed by atoms with Gasteiger partial charge in [-0.3, -0.25) is 0 Å². The molecule has 1 aromatic rings. The highest BCUT2D eigenvalue weighted by molar-refractivity contribution is 7.89. The molecule has 2 N–H and O–H groups in total. The summed E-state index contributed by atoms with van der Waals surface area (Å²) in [5.74, 6) is 0. The van der Waals surface area contributed by atoms with Crippen LogP contribution in [-0.2, 0) is 16.2 Å². The van der Waals surface area contributed by atoms with Gasteiger partial charge in [0.25, 0.3) is 0 Å². The molecule has 0 aliphatic heterocycles. The lowest BCUT2D eigenvalue weighted by Crippen LogP contribution is -2.28. The molecule has 114 valence electrons. The molecule has 0 fully saturated rings. The number of alkyl halides is 3. The van der Waals surface area contributed by atoms with E-state index in [0.717, 1.165) is 19.1 Å². The second-order valence-corrected chi connectivity index (χ2v) is 6.02. The van der Waals surface area contributed by atoms with Gasteiger partial charge in [0, 0.05) is 6.54 Å². The maximum atomic E-state index is 12.7. The Morgan fingerprint density at radius 3 is 2.40 bits per heavy atom. The van der Waals surface area contributed by atoms with Crippen molar-refractivity contribution in [1.29, 1.82) is 0 Å². The molecule has 20 heavy (non-hydrogen) atoms. The lowest BCUT2D eigenvalue weighted by Gasteiger charge is -2.14. The van der Waals surface area contributed by atoms with Gasteiger partial charge in [0.05, 0.1) is 10.5 Å². The van der Waals surface area contributed by atoms with E-state index in [0.29, 0.717) is 13.0 Å². The van der Waals surface area contributed by atoms with E-state index in [4.69, 9.17) is 0 Å². The molecule has 1 aromatic carbocycles. The number of sulfonamides is 1. The molecule has 0 unspecified atom stereocenters. The molecule has 1 rings (SSSR count). The van der Waals surface area contributed by atoms with Crippen LogP contribution in [0.25, 0.3) is 0 Å². The van der Waals surface area contributed by atoms with Gasteiger partial charge in [0.15, 0.2) is 0 Å². The van der Waals surface area contributed by atoms with Crippen molar-refractivity contribution in [2.24, 2.45) is 0 Å². The first-order chi connectivity index (χ1) is 9.20. The molecule has 0 radical (unpaired) electrons. The van der Waals surface area contributed by atoms with Gasteiger partial charge in [-0.2, -0.15) is 13.2 Å². The second kappa shape index (κ2) is 6.55. The molecule has 0 bridgehead atoms. The fourth-order valence-electron chi connectivity index (χ4n) is 1.76. The van der Waals surface area contributed by atoms with E-state index in [-0.39, 0.29) is 17.0 Å². The van der Waals surface area contributed by atoms with Gasteiger partial charge in [-0.25, -0.2) is 13.1 Å². The molecule has 0 saturated carbocycles. The number of halogens is 3. The minimum absolute atomic E-state index is 0.166. The van der Waals surface area contributed by atoms with Gasteiger partial charge < -0.3 is 5.32 Å². The van der Waals surface area contributed by atoms with Crippen LogP contribution < -0.4 is 10.0 Å². The number of benzene rings is 1. The van der Waals surface area contributed by atoms with E-state index in [2.05, 4.69) is 10.0 Å². The van der Waals surface area contributed by atoms with E-state index in [1.165, 1.54) is 6.07 Å². The lowest BCUT2D eigenvalue weighted by molar-refractivity contribution is -0.138. The van der Waals surface area contributed by atoms with Crippen molar-refractivity contribution in [3.63, 3.8) is 0 Å². The van der Waals surface area contributed by atoms with E-state index in [1.54, 1.807) is 7.05 Å². The molecule has 0 spiro atoms. The Kier molecular flexibility index (Phi) is 5.55. The van der Waals surface area contributed by atoms with Crippen molar-refractivity contribution >= 4 is 10.0 Å². The Bertz CT molecular complexity index is 556.